The van der Waals surface area contributed by atoms with Gasteiger partial charge in [0, 0.05) is 18.1 Å². The molecule has 3 nitrogen and oxygen atoms in total. The molecule has 0 heterocycles. The molecule has 34 heavy (non-hydrogen) atoms. The summed E-state index contributed by atoms with van der Waals surface area (Å²) in [6.07, 6.45) is 4.77. The normalized spacial score (nSPS) is 12.3. The Morgan fingerprint density at radius 2 is 1.26 bits per heavy atom. The molecule has 0 N–H and O–H groups in total. The van der Waals surface area contributed by atoms with Crippen LogP contribution in [-0.2, 0) is 28.8 Å². The summed E-state index contributed by atoms with van der Waals surface area (Å²) < 4.78 is 5.83. The predicted octanol–water partition coefficient (Wildman–Crippen LogP) is 8.08. The standard InChI is InChI=1S/C31H43O3/c1-9-12-23-15-24(13-10-2)29(25(16-23)14-11-3)31(34-22(8)32)30(33)28-18-26(20(4)5)17-27(19-28)21(6)7/h15-16,18-21,31H,9-14H2,1-8H3. The van der Waals surface area contributed by atoms with Gasteiger partial charge in [-0.1, -0.05) is 79.9 Å². The SMILES string of the molecule is CCCc1cc(CCC)c(C(OC(C)=O)C(=O)c2cc(C(C)C)[c]c(C(C)C)c2)c(CCC)c1. The van der Waals surface area contributed by atoms with Gasteiger partial charge in [-0.25, -0.2) is 0 Å². The maximum Gasteiger partial charge on any atom is 0.303 e. The van der Waals surface area contributed by atoms with Crippen LogP contribution in [0, 0.1) is 6.07 Å². The summed E-state index contributed by atoms with van der Waals surface area (Å²) in [6.45, 7) is 16.3. The van der Waals surface area contributed by atoms with Crippen LogP contribution in [0.4, 0.5) is 0 Å². The molecule has 3 heteroatoms. The molecule has 1 radical (unpaired) electrons. The van der Waals surface area contributed by atoms with Gasteiger partial charge in [0.15, 0.2) is 6.10 Å². The number of Topliss-reactive ketones (excluding diaryl/α,β-unsaturated/α-hetero) is 1. The Hall–Kier alpha value is -2.42. The molecule has 0 aliphatic rings. The predicted molar refractivity (Wildman–Crippen MR) is 141 cm³/mol. The van der Waals surface area contributed by atoms with Crippen LogP contribution in [0.5, 0.6) is 0 Å². The third kappa shape index (κ3) is 7.04. The number of rotatable bonds is 12. The van der Waals surface area contributed by atoms with Crippen molar-refractivity contribution in [3.8, 4) is 0 Å². The Labute approximate surface area is 207 Å². The maximum atomic E-state index is 14.1. The molecule has 2 rings (SSSR count). The van der Waals surface area contributed by atoms with Crippen molar-refractivity contribution >= 4 is 11.8 Å². The fraction of sp³-hybridized carbons (Fsp3) is 0.548. The summed E-state index contributed by atoms with van der Waals surface area (Å²) in [7, 11) is 0. The molecular formula is C31H43O3. The maximum absolute atomic E-state index is 14.1. The van der Waals surface area contributed by atoms with Gasteiger partial charge >= 0.3 is 5.97 Å². The summed E-state index contributed by atoms with van der Waals surface area (Å²) in [5.74, 6) is -0.0865. The molecule has 0 saturated heterocycles. The average Bonchev–Trinajstić information content (AvgIpc) is 2.77. The van der Waals surface area contributed by atoms with Gasteiger partial charge in [0.1, 0.15) is 0 Å². The highest BCUT2D eigenvalue weighted by molar-refractivity contribution is 6.01. The van der Waals surface area contributed by atoms with Gasteiger partial charge < -0.3 is 4.74 Å². The number of aryl methyl sites for hydroxylation is 3. The van der Waals surface area contributed by atoms with Crippen LogP contribution in [0.2, 0.25) is 0 Å². The van der Waals surface area contributed by atoms with E-state index in [0.717, 1.165) is 66.3 Å². The summed E-state index contributed by atoms with van der Waals surface area (Å²) in [4.78, 5) is 26.3. The zero-order valence-electron chi connectivity index (χ0n) is 22.5. The van der Waals surface area contributed by atoms with E-state index in [4.69, 9.17) is 4.74 Å². The lowest BCUT2D eigenvalue weighted by Crippen LogP contribution is -2.23. The monoisotopic (exact) mass is 463 g/mol. The Morgan fingerprint density at radius 1 is 0.794 bits per heavy atom. The second kappa shape index (κ2) is 12.9. The van der Waals surface area contributed by atoms with Crippen molar-refractivity contribution in [2.24, 2.45) is 0 Å². The highest BCUT2D eigenvalue weighted by Crippen LogP contribution is 2.34. The minimum absolute atomic E-state index is 0.147. The molecule has 0 amide bonds. The van der Waals surface area contributed by atoms with E-state index in [0.29, 0.717) is 5.56 Å². The Balaban J connectivity index is 2.75. The molecule has 0 spiro atoms. The first-order valence-electron chi connectivity index (χ1n) is 13.1. The van der Waals surface area contributed by atoms with Crippen LogP contribution < -0.4 is 0 Å². The lowest BCUT2D eigenvalue weighted by molar-refractivity contribution is -0.144. The summed E-state index contributed by atoms with van der Waals surface area (Å²) >= 11 is 0. The molecule has 0 fully saturated rings. The number of benzene rings is 2. The molecule has 0 saturated carbocycles. The van der Waals surface area contributed by atoms with Gasteiger partial charge in [-0.05, 0) is 77.1 Å². The molecule has 0 aliphatic carbocycles. The average molecular weight is 464 g/mol. The Kier molecular flexibility index (Phi) is 10.5. The van der Waals surface area contributed by atoms with Crippen molar-refractivity contribution in [2.75, 3.05) is 0 Å². The summed E-state index contributed by atoms with van der Waals surface area (Å²) in [5, 5.41) is 0. The van der Waals surface area contributed by atoms with E-state index >= 15 is 0 Å². The van der Waals surface area contributed by atoms with Gasteiger partial charge in [-0.3, -0.25) is 9.59 Å². The Morgan fingerprint density at radius 3 is 1.65 bits per heavy atom. The first-order valence-corrected chi connectivity index (χ1v) is 13.1. The number of carbonyl (C=O) groups is 2. The van der Waals surface area contributed by atoms with E-state index in [1.165, 1.54) is 12.5 Å². The van der Waals surface area contributed by atoms with Gasteiger partial charge in [-0.2, -0.15) is 0 Å². The molecule has 2 aromatic carbocycles. The minimum atomic E-state index is -0.932. The summed E-state index contributed by atoms with van der Waals surface area (Å²) in [6, 6.07) is 11.8. The lowest BCUT2D eigenvalue weighted by Gasteiger charge is -2.25. The molecular weight excluding hydrogens is 420 g/mol. The van der Waals surface area contributed by atoms with E-state index in [1.807, 2.05) is 12.1 Å². The zero-order chi connectivity index (χ0) is 25.4. The molecule has 1 atom stereocenters. The number of hydrogen-bond donors (Lipinski definition) is 0. The van der Waals surface area contributed by atoms with Crippen molar-refractivity contribution in [2.45, 2.75) is 112 Å². The largest absolute Gasteiger partial charge is 0.449 e. The first-order chi connectivity index (χ1) is 16.1. The zero-order valence-corrected chi connectivity index (χ0v) is 22.5. The van der Waals surface area contributed by atoms with Crippen LogP contribution in [-0.4, -0.2) is 11.8 Å². The highest BCUT2D eigenvalue weighted by Gasteiger charge is 2.30. The number of ether oxygens (including phenoxy) is 1. The first kappa shape index (κ1) is 27.8. The fourth-order valence-corrected chi connectivity index (χ4v) is 4.51. The van der Waals surface area contributed by atoms with Crippen molar-refractivity contribution in [3.63, 3.8) is 0 Å². The molecule has 0 aromatic heterocycles. The van der Waals surface area contributed by atoms with E-state index < -0.39 is 12.1 Å². The number of ketones is 1. The van der Waals surface area contributed by atoms with Crippen LogP contribution >= 0.6 is 0 Å². The minimum Gasteiger partial charge on any atom is -0.449 e. The van der Waals surface area contributed by atoms with Crippen molar-refractivity contribution in [3.05, 3.63) is 69.3 Å². The van der Waals surface area contributed by atoms with Gasteiger partial charge in [0.2, 0.25) is 5.78 Å². The molecule has 0 aliphatic heterocycles. The third-order valence-corrected chi connectivity index (χ3v) is 6.21. The van der Waals surface area contributed by atoms with Crippen LogP contribution in [0.3, 0.4) is 0 Å². The third-order valence-electron chi connectivity index (χ3n) is 6.21. The molecule has 185 valence electrons. The summed E-state index contributed by atoms with van der Waals surface area (Å²) in [5.41, 5.74) is 7.08. The van der Waals surface area contributed by atoms with E-state index in [9.17, 15) is 9.59 Å². The Bertz CT molecular complexity index is 931. The van der Waals surface area contributed by atoms with Gasteiger partial charge in [0.25, 0.3) is 0 Å². The molecule has 1 unspecified atom stereocenters. The van der Waals surface area contributed by atoms with Gasteiger partial charge in [0.05, 0.1) is 0 Å². The van der Waals surface area contributed by atoms with E-state index in [2.05, 4.69) is 66.7 Å². The van der Waals surface area contributed by atoms with Crippen molar-refractivity contribution in [1.29, 1.82) is 0 Å². The van der Waals surface area contributed by atoms with E-state index in [-0.39, 0.29) is 17.6 Å². The fourth-order valence-electron chi connectivity index (χ4n) is 4.51. The van der Waals surface area contributed by atoms with E-state index in [1.54, 1.807) is 0 Å². The number of hydrogen-bond acceptors (Lipinski definition) is 3. The smallest absolute Gasteiger partial charge is 0.303 e. The highest BCUT2D eigenvalue weighted by atomic mass is 16.5. The molecule has 2 aromatic rings. The number of esters is 1. The van der Waals surface area contributed by atoms with Crippen molar-refractivity contribution in [1.82, 2.24) is 0 Å². The number of carbonyl (C=O) groups excluding carboxylic acids is 2. The van der Waals surface area contributed by atoms with Crippen LogP contribution in [0.25, 0.3) is 0 Å². The van der Waals surface area contributed by atoms with Gasteiger partial charge in [-0.15, -0.1) is 0 Å². The van der Waals surface area contributed by atoms with Crippen LogP contribution in [0.15, 0.2) is 24.3 Å². The quantitative estimate of drug-likeness (QED) is 0.236. The van der Waals surface area contributed by atoms with Crippen molar-refractivity contribution < 1.29 is 14.3 Å². The van der Waals surface area contributed by atoms with Crippen LogP contribution in [0.1, 0.15) is 136 Å². The topological polar surface area (TPSA) is 43.4 Å². The second-order valence-electron chi connectivity index (χ2n) is 10.0. The second-order valence-corrected chi connectivity index (χ2v) is 10.0. The molecule has 0 bridgehead atoms. The lowest BCUT2D eigenvalue weighted by atomic mass is 9.84.